The van der Waals surface area contributed by atoms with Crippen LogP contribution in [0.4, 0.5) is 0 Å². The molecule has 0 aliphatic rings. The van der Waals surface area contributed by atoms with Gasteiger partial charge in [0.05, 0.1) is 0 Å². The monoisotopic (exact) mass is 340 g/mol. The van der Waals surface area contributed by atoms with Crippen LogP contribution in [0.3, 0.4) is 0 Å². The maximum absolute atomic E-state index is 8.53. The number of hydrogen-bond acceptors (Lipinski definition) is 2. The summed E-state index contributed by atoms with van der Waals surface area (Å²) in [6, 6.07) is 11.2. The highest BCUT2D eigenvalue weighted by Gasteiger charge is 1.97. The van der Waals surface area contributed by atoms with Crippen molar-refractivity contribution in [3.63, 3.8) is 0 Å². The van der Waals surface area contributed by atoms with Crippen molar-refractivity contribution >= 4 is 39.2 Å². The van der Waals surface area contributed by atoms with Gasteiger partial charge in [-0.05, 0) is 52.4 Å². The lowest BCUT2D eigenvalue weighted by Crippen LogP contribution is -1.77. The Balaban J connectivity index is 2.96. The fourth-order valence-corrected chi connectivity index (χ4v) is 1.51. The average Bonchev–Trinajstić information content (AvgIpc) is 2.31. The highest BCUT2D eigenvalue weighted by Crippen LogP contribution is 2.20. The lowest BCUT2D eigenvalue weighted by atomic mass is 10.2. The van der Waals surface area contributed by atoms with Crippen LogP contribution in [-0.2, 0) is 0 Å². The third-order valence-corrected chi connectivity index (χ3v) is 2.82. The highest BCUT2D eigenvalue weighted by molar-refractivity contribution is 14.1. The van der Waals surface area contributed by atoms with Crippen molar-refractivity contribution < 1.29 is 0 Å². The van der Waals surface area contributed by atoms with Crippen molar-refractivity contribution in [2.45, 2.75) is 0 Å². The molecule has 0 fully saturated rings. The van der Waals surface area contributed by atoms with Gasteiger partial charge in [0.15, 0.2) is 0 Å². The Labute approximate surface area is 113 Å². The van der Waals surface area contributed by atoms with Gasteiger partial charge >= 0.3 is 0 Å². The van der Waals surface area contributed by atoms with Gasteiger partial charge in [-0.2, -0.15) is 10.5 Å². The molecule has 0 saturated heterocycles. The molecule has 1 aromatic rings. The maximum atomic E-state index is 8.53. The second-order valence-electron chi connectivity index (χ2n) is 2.83. The van der Waals surface area contributed by atoms with Crippen molar-refractivity contribution in [3.8, 4) is 12.1 Å². The molecular weight excluding hydrogens is 335 g/mol. The van der Waals surface area contributed by atoms with Crippen LogP contribution in [0.5, 0.6) is 0 Å². The van der Waals surface area contributed by atoms with E-state index in [4.69, 9.17) is 22.1 Å². The molecule has 0 amide bonds. The Morgan fingerprint density at radius 2 is 1.69 bits per heavy atom. The van der Waals surface area contributed by atoms with E-state index < -0.39 is 0 Å². The van der Waals surface area contributed by atoms with E-state index in [9.17, 15) is 0 Å². The molecule has 4 heteroatoms. The maximum Gasteiger partial charge on any atom is 0.129 e. The van der Waals surface area contributed by atoms with E-state index >= 15 is 0 Å². The number of benzene rings is 1. The fourth-order valence-electron chi connectivity index (χ4n) is 0.961. The largest absolute Gasteiger partial charge is 0.192 e. The molecular formula is C12H6ClIN2. The molecule has 0 N–H and O–H groups in total. The molecule has 0 spiro atoms. The SMILES string of the molecule is N#CC(C#N)=C/C=C(\Cl)c1ccc(I)cc1. The predicted octanol–water partition coefficient (Wildman–Crippen LogP) is 3.84. The van der Waals surface area contributed by atoms with E-state index in [0.717, 1.165) is 9.13 Å². The Bertz CT molecular complexity index is 499. The van der Waals surface area contributed by atoms with E-state index in [-0.39, 0.29) is 5.57 Å². The van der Waals surface area contributed by atoms with Crippen LogP contribution in [0.15, 0.2) is 42.0 Å². The first-order valence-corrected chi connectivity index (χ1v) is 5.76. The van der Waals surface area contributed by atoms with Gasteiger partial charge in [-0.3, -0.25) is 0 Å². The number of allylic oxidation sites excluding steroid dienone is 3. The molecule has 1 rings (SSSR count). The van der Waals surface area contributed by atoms with Gasteiger partial charge in [0.25, 0.3) is 0 Å². The number of hydrogen-bond donors (Lipinski definition) is 0. The van der Waals surface area contributed by atoms with Crippen LogP contribution in [0.1, 0.15) is 5.56 Å². The third kappa shape index (κ3) is 3.69. The van der Waals surface area contributed by atoms with E-state index in [1.807, 2.05) is 24.3 Å². The molecule has 16 heavy (non-hydrogen) atoms. The first-order chi connectivity index (χ1) is 7.67. The number of nitrogens with zero attached hydrogens (tertiary/aromatic N) is 2. The number of nitriles is 2. The van der Waals surface area contributed by atoms with Gasteiger partial charge < -0.3 is 0 Å². The normalized spacial score (nSPS) is 10.1. The van der Waals surface area contributed by atoms with Gasteiger partial charge in [-0.25, -0.2) is 0 Å². The van der Waals surface area contributed by atoms with Gasteiger partial charge in [0.1, 0.15) is 17.7 Å². The van der Waals surface area contributed by atoms with Crippen LogP contribution < -0.4 is 0 Å². The van der Waals surface area contributed by atoms with Gasteiger partial charge in [0, 0.05) is 8.60 Å². The summed E-state index contributed by atoms with van der Waals surface area (Å²) >= 11 is 8.22. The average molecular weight is 341 g/mol. The molecule has 0 atom stereocenters. The lowest BCUT2D eigenvalue weighted by molar-refractivity contribution is 1.46. The summed E-state index contributed by atoms with van der Waals surface area (Å²) < 4.78 is 1.12. The van der Waals surface area contributed by atoms with Crippen molar-refractivity contribution in [1.29, 1.82) is 10.5 Å². The van der Waals surface area contributed by atoms with Crippen LogP contribution in [0.25, 0.3) is 5.03 Å². The lowest BCUT2D eigenvalue weighted by Gasteiger charge is -1.97. The second-order valence-corrected chi connectivity index (χ2v) is 4.48. The summed E-state index contributed by atoms with van der Waals surface area (Å²) in [5.74, 6) is 0. The van der Waals surface area contributed by atoms with Crippen LogP contribution in [0, 0.1) is 26.2 Å². The van der Waals surface area contributed by atoms with Crippen molar-refractivity contribution in [2.24, 2.45) is 0 Å². The summed E-state index contributed by atoms with van der Waals surface area (Å²) in [6.45, 7) is 0. The first kappa shape index (κ1) is 12.8. The quantitative estimate of drug-likeness (QED) is 0.466. The molecule has 0 saturated carbocycles. The molecule has 0 bridgehead atoms. The van der Waals surface area contributed by atoms with E-state index in [1.165, 1.54) is 6.08 Å². The minimum atomic E-state index is 0.0312. The Hall–Kier alpha value is -1.30. The summed E-state index contributed by atoms with van der Waals surface area (Å²) in [7, 11) is 0. The van der Waals surface area contributed by atoms with Gasteiger partial charge in [-0.15, -0.1) is 0 Å². The summed E-state index contributed by atoms with van der Waals surface area (Å²) in [6.07, 6.45) is 2.95. The zero-order valence-corrected chi connectivity index (χ0v) is 11.0. The molecule has 0 aliphatic heterocycles. The smallest absolute Gasteiger partial charge is 0.129 e. The molecule has 0 aliphatic carbocycles. The standard InChI is InChI=1S/C12H6ClIN2/c13-12(6-1-9(7-15)8-16)10-2-4-11(14)5-3-10/h1-6H/b12-6-. The Morgan fingerprint density at radius 3 is 2.19 bits per heavy atom. The van der Waals surface area contributed by atoms with Crippen LogP contribution in [-0.4, -0.2) is 0 Å². The van der Waals surface area contributed by atoms with Gasteiger partial charge in [-0.1, -0.05) is 23.7 Å². The van der Waals surface area contributed by atoms with Gasteiger partial charge in [0.2, 0.25) is 0 Å². The van der Waals surface area contributed by atoms with Crippen molar-refractivity contribution in [3.05, 3.63) is 51.1 Å². The van der Waals surface area contributed by atoms with Crippen molar-refractivity contribution in [1.82, 2.24) is 0 Å². The number of rotatable bonds is 2. The highest BCUT2D eigenvalue weighted by atomic mass is 127. The second kappa shape index (κ2) is 6.32. The van der Waals surface area contributed by atoms with E-state index in [2.05, 4.69) is 22.6 Å². The topological polar surface area (TPSA) is 47.6 Å². The summed E-state index contributed by atoms with van der Waals surface area (Å²) in [5, 5.41) is 17.6. The predicted molar refractivity (Wildman–Crippen MR) is 72.3 cm³/mol. The Morgan fingerprint density at radius 1 is 1.12 bits per heavy atom. The molecule has 0 unspecified atom stereocenters. The molecule has 78 valence electrons. The number of halogens is 2. The van der Waals surface area contributed by atoms with Crippen molar-refractivity contribution in [2.75, 3.05) is 0 Å². The minimum Gasteiger partial charge on any atom is -0.192 e. The molecule has 0 aromatic heterocycles. The zero-order chi connectivity index (χ0) is 12.0. The first-order valence-electron chi connectivity index (χ1n) is 4.31. The molecule has 0 radical (unpaired) electrons. The fraction of sp³-hybridized carbons (Fsp3) is 0. The van der Waals surface area contributed by atoms with E-state index in [0.29, 0.717) is 5.03 Å². The summed E-state index contributed by atoms with van der Waals surface area (Å²) in [4.78, 5) is 0. The van der Waals surface area contributed by atoms with E-state index in [1.54, 1.807) is 18.2 Å². The zero-order valence-electron chi connectivity index (χ0n) is 8.11. The summed E-state index contributed by atoms with van der Waals surface area (Å²) in [5.41, 5.74) is 0.886. The Kier molecular flexibility index (Phi) is 5.04. The van der Waals surface area contributed by atoms with Crippen LogP contribution in [0.2, 0.25) is 0 Å². The third-order valence-electron chi connectivity index (χ3n) is 1.76. The minimum absolute atomic E-state index is 0.0312. The van der Waals surface area contributed by atoms with Crippen LogP contribution >= 0.6 is 34.2 Å². The molecule has 2 nitrogen and oxygen atoms in total. The molecule has 1 aromatic carbocycles. The molecule has 0 heterocycles.